The van der Waals surface area contributed by atoms with Crippen LogP contribution >= 0.6 is 0 Å². The van der Waals surface area contributed by atoms with E-state index in [1.807, 2.05) is 4.90 Å². The average molecular weight is 500 g/mol. The molecular weight excluding hydrogens is 473 g/mol. The first-order valence-corrected chi connectivity index (χ1v) is 12.3. The number of ether oxygens (including phenoxy) is 1. The number of carbonyl (C=O) groups is 1. The van der Waals surface area contributed by atoms with Crippen LogP contribution in [0.3, 0.4) is 0 Å². The minimum atomic E-state index is -4.41. The number of morpholine rings is 1. The minimum absolute atomic E-state index is 0.0707. The Morgan fingerprint density at radius 3 is 2.26 bits per heavy atom. The van der Waals surface area contributed by atoms with Crippen LogP contribution in [0, 0.1) is 6.92 Å². The van der Waals surface area contributed by atoms with Gasteiger partial charge in [-0.3, -0.25) is 9.69 Å². The predicted octanol–water partition coefficient (Wildman–Crippen LogP) is 1.81. The number of H-pyrrole nitrogens is 1. The number of rotatable bonds is 4. The molecule has 2 aromatic rings. The van der Waals surface area contributed by atoms with Crippen molar-refractivity contribution in [2.24, 2.45) is 0 Å². The third kappa shape index (κ3) is 5.03. The maximum atomic E-state index is 13.2. The molecule has 2 aliphatic rings. The summed E-state index contributed by atoms with van der Waals surface area (Å²) in [6.07, 6.45) is -3.49. The molecule has 0 radical (unpaired) electrons. The zero-order chi connectivity index (χ0) is 24.5. The average Bonchev–Trinajstić information content (AvgIpc) is 2.84. The lowest BCUT2D eigenvalue weighted by atomic mass is 10.1. The summed E-state index contributed by atoms with van der Waals surface area (Å²) in [4.78, 5) is 19.5. The van der Waals surface area contributed by atoms with Gasteiger partial charge in [0.1, 0.15) is 19.3 Å². The summed E-state index contributed by atoms with van der Waals surface area (Å²) < 4.78 is 70.9. The Bertz CT molecular complexity index is 1140. The molecule has 1 aromatic carbocycles. The number of pyridine rings is 1. The molecule has 4 rings (SSSR count). The second-order valence-electron chi connectivity index (χ2n) is 8.23. The number of piperazine rings is 1. The topological polar surface area (TPSA) is 84.3 Å². The summed E-state index contributed by atoms with van der Waals surface area (Å²) in [5.74, 6) is 0.266. The summed E-state index contributed by atoms with van der Waals surface area (Å²) in [7, 11) is -3.73. The summed E-state index contributed by atoms with van der Waals surface area (Å²) in [6.45, 7) is 4.52. The van der Waals surface area contributed by atoms with Crippen molar-refractivity contribution >= 4 is 21.7 Å². The highest BCUT2D eigenvalue weighted by atomic mass is 32.2. The molecule has 0 bridgehead atoms. The lowest BCUT2D eigenvalue weighted by Gasteiger charge is -2.31. The second kappa shape index (κ2) is 9.51. The van der Waals surface area contributed by atoms with E-state index in [0.29, 0.717) is 56.3 Å². The fourth-order valence-electron chi connectivity index (χ4n) is 4.04. The molecule has 12 heteroatoms. The molecule has 0 saturated carbocycles. The van der Waals surface area contributed by atoms with Crippen molar-refractivity contribution in [2.45, 2.75) is 18.0 Å². The van der Waals surface area contributed by atoms with Crippen LogP contribution < -0.4 is 9.88 Å². The molecule has 2 fully saturated rings. The number of nitrogens with zero attached hydrogens (tertiary/aromatic N) is 3. The number of hydrogen-bond acceptors (Lipinski definition) is 5. The van der Waals surface area contributed by atoms with Gasteiger partial charge in [-0.25, -0.2) is 13.4 Å². The van der Waals surface area contributed by atoms with Gasteiger partial charge < -0.3 is 9.64 Å². The maximum Gasteiger partial charge on any atom is 0.419 e. The molecule has 1 amide bonds. The van der Waals surface area contributed by atoms with Crippen molar-refractivity contribution < 1.29 is 36.1 Å². The van der Waals surface area contributed by atoms with Gasteiger partial charge in [-0.1, -0.05) is 6.07 Å². The third-order valence-corrected chi connectivity index (χ3v) is 7.97. The van der Waals surface area contributed by atoms with E-state index in [-0.39, 0.29) is 23.9 Å². The number of carbonyl (C=O) groups excluding carboxylic acids is 1. The maximum absolute atomic E-state index is 13.2. The molecular formula is C22H26F3N4O4S+. The normalized spacial score (nSPS) is 18.2. The molecule has 184 valence electrons. The number of nitrogens with one attached hydrogen (secondary N) is 1. The Morgan fingerprint density at radius 2 is 1.68 bits per heavy atom. The van der Waals surface area contributed by atoms with Crippen LogP contribution in [0.15, 0.2) is 41.4 Å². The molecule has 0 spiro atoms. The van der Waals surface area contributed by atoms with Crippen molar-refractivity contribution in [3.8, 4) is 0 Å². The fraction of sp³-hybridized carbons (Fsp3) is 0.455. The van der Waals surface area contributed by atoms with Crippen molar-refractivity contribution in [2.75, 3.05) is 57.4 Å². The number of amides is 1. The predicted molar refractivity (Wildman–Crippen MR) is 117 cm³/mol. The number of anilines is 1. The van der Waals surface area contributed by atoms with E-state index in [1.54, 1.807) is 17.9 Å². The van der Waals surface area contributed by atoms with Gasteiger partial charge in [0.25, 0.3) is 11.7 Å². The van der Waals surface area contributed by atoms with Gasteiger partial charge >= 0.3 is 6.18 Å². The van der Waals surface area contributed by atoms with Gasteiger partial charge in [-0.15, -0.1) is 0 Å². The van der Waals surface area contributed by atoms with Crippen molar-refractivity contribution in [3.05, 3.63) is 53.2 Å². The highest BCUT2D eigenvalue weighted by Gasteiger charge is 2.33. The van der Waals surface area contributed by atoms with E-state index in [0.717, 1.165) is 12.3 Å². The van der Waals surface area contributed by atoms with E-state index in [2.05, 4.69) is 4.98 Å². The zero-order valence-corrected chi connectivity index (χ0v) is 19.5. The number of hydrogen-bond donors (Lipinski definition) is 0. The second-order valence-corrected chi connectivity index (χ2v) is 10.2. The van der Waals surface area contributed by atoms with Crippen molar-refractivity contribution in [3.63, 3.8) is 0 Å². The van der Waals surface area contributed by atoms with Gasteiger partial charge in [-0.05, 0) is 30.7 Å². The molecule has 34 heavy (non-hydrogen) atoms. The van der Waals surface area contributed by atoms with E-state index in [4.69, 9.17) is 4.74 Å². The quantitative estimate of drug-likeness (QED) is 0.641. The molecule has 1 aromatic heterocycles. The Balaban J connectivity index is 1.45. The number of alkyl halides is 3. The first-order valence-electron chi connectivity index (χ1n) is 10.9. The van der Waals surface area contributed by atoms with Crippen LogP contribution in [0.2, 0.25) is 0 Å². The Kier molecular flexibility index (Phi) is 6.83. The van der Waals surface area contributed by atoms with Gasteiger partial charge in [0, 0.05) is 24.7 Å². The van der Waals surface area contributed by atoms with Gasteiger partial charge in [-0.2, -0.15) is 17.5 Å². The smallest absolute Gasteiger partial charge is 0.379 e. The molecule has 0 aliphatic carbocycles. The highest BCUT2D eigenvalue weighted by molar-refractivity contribution is 7.89. The lowest BCUT2D eigenvalue weighted by molar-refractivity contribution is -0.367. The number of aromatic amines is 1. The fourth-order valence-corrected chi connectivity index (χ4v) is 5.47. The molecule has 0 unspecified atom stereocenters. The van der Waals surface area contributed by atoms with Crippen LogP contribution in [0.25, 0.3) is 0 Å². The SMILES string of the molecule is Cc1ccc(S(=O)(=O)N2CCOCC2)cc1C(=O)N1CCN(c2ccc(C(F)(F)F)c[nH+]2)CC1. The monoisotopic (exact) mass is 499 g/mol. The van der Waals surface area contributed by atoms with Crippen molar-refractivity contribution in [1.82, 2.24) is 9.21 Å². The van der Waals surface area contributed by atoms with E-state index in [1.165, 1.54) is 22.5 Å². The van der Waals surface area contributed by atoms with Crippen LogP contribution in [-0.2, 0) is 20.9 Å². The Morgan fingerprint density at radius 1 is 1.00 bits per heavy atom. The van der Waals surface area contributed by atoms with Crippen LogP contribution in [0.4, 0.5) is 19.0 Å². The first-order chi connectivity index (χ1) is 16.1. The van der Waals surface area contributed by atoms with Crippen LogP contribution in [-0.4, -0.2) is 76.0 Å². The summed E-state index contributed by atoms with van der Waals surface area (Å²) in [6, 6.07) is 6.97. The third-order valence-electron chi connectivity index (χ3n) is 6.08. The van der Waals surface area contributed by atoms with Crippen LogP contribution in [0.1, 0.15) is 21.5 Å². The number of benzene rings is 1. The number of sulfonamides is 1. The van der Waals surface area contributed by atoms with Crippen molar-refractivity contribution in [1.29, 1.82) is 0 Å². The molecule has 8 nitrogen and oxygen atoms in total. The summed E-state index contributed by atoms with van der Waals surface area (Å²) in [5.41, 5.74) is 0.237. The largest absolute Gasteiger partial charge is 0.419 e. The van der Waals surface area contributed by atoms with Gasteiger partial charge in [0.2, 0.25) is 10.0 Å². The van der Waals surface area contributed by atoms with E-state index >= 15 is 0 Å². The standard InChI is InChI=1S/C22H25F3N4O4S/c1-16-2-4-18(34(31,32)29-10-12-33-13-11-29)14-19(16)21(30)28-8-6-27(7-9-28)20-5-3-17(15-26-20)22(23,24)25/h2-5,14-15H,6-13H2,1H3/p+1. The zero-order valence-electron chi connectivity index (χ0n) is 18.6. The summed E-state index contributed by atoms with van der Waals surface area (Å²) in [5, 5.41) is 0. The molecule has 1 N–H and O–H groups in total. The molecule has 0 atom stereocenters. The molecule has 3 heterocycles. The highest BCUT2D eigenvalue weighted by Crippen LogP contribution is 2.28. The van der Waals surface area contributed by atoms with E-state index < -0.39 is 21.8 Å². The lowest BCUT2D eigenvalue weighted by Crippen LogP contribution is -2.50. The molecule has 2 aliphatic heterocycles. The minimum Gasteiger partial charge on any atom is -0.379 e. The number of aromatic nitrogens is 1. The van der Waals surface area contributed by atoms with Gasteiger partial charge in [0.05, 0.1) is 36.8 Å². The van der Waals surface area contributed by atoms with Crippen LogP contribution in [0.5, 0.6) is 0 Å². The Labute approximate surface area is 196 Å². The summed E-state index contributed by atoms with van der Waals surface area (Å²) >= 11 is 0. The first kappa shape index (κ1) is 24.4. The Hall–Kier alpha value is -2.70. The number of halogens is 3. The van der Waals surface area contributed by atoms with E-state index in [9.17, 15) is 26.4 Å². The molecule has 2 saturated heterocycles. The number of aryl methyl sites for hydroxylation is 1. The van der Waals surface area contributed by atoms with Gasteiger partial charge in [0.15, 0.2) is 0 Å².